The number of aromatic nitrogens is 2. The van der Waals surface area contributed by atoms with Gasteiger partial charge in [0.25, 0.3) is 0 Å². The number of ether oxygens (including phenoxy) is 2. The smallest absolute Gasteiger partial charge is 0.325 e. The number of amides is 1. The molecule has 0 saturated carbocycles. The standard InChI is InChI=1S/C24H19N5O4/c1-14-20-22(29(27-14)15-8-4-3-5-9-15)33-21(26)17(12-25)24(20)16-10-6-7-11-18(16)28(23(24)31)13-19(30)32-2/h3-11H,13,26H2,1-2H3/t24-/m1/s1. The number of aryl methyl sites for hydroxylation is 1. The van der Waals surface area contributed by atoms with E-state index in [4.69, 9.17) is 15.2 Å². The molecule has 5 rings (SSSR count). The number of anilines is 1. The maximum absolute atomic E-state index is 14.2. The summed E-state index contributed by atoms with van der Waals surface area (Å²) in [6, 6.07) is 18.4. The molecule has 1 atom stereocenters. The lowest BCUT2D eigenvalue weighted by molar-refractivity contribution is -0.140. The van der Waals surface area contributed by atoms with Gasteiger partial charge in [-0.05, 0) is 25.1 Å². The third-order valence-corrected chi connectivity index (χ3v) is 6.01. The van der Waals surface area contributed by atoms with Gasteiger partial charge >= 0.3 is 5.97 Å². The van der Waals surface area contributed by atoms with E-state index in [1.807, 2.05) is 30.3 Å². The first kappa shape index (κ1) is 20.3. The highest BCUT2D eigenvalue weighted by atomic mass is 16.5. The molecule has 0 fully saturated rings. The van der Waals surface area contributed by atoms with E-state index >= 15 is 0 Å². The van der Waals surface area contributed by atoms with Gasteiger partial charge in [0.1, 0.15) is 23.6 Å². The SMILES string of the molecule is COC(=O)CN1C(=O)[C@@]2(C(C#N)=C(N)Oc3c2c(C)nn3-c2ccccc2)c2ccccc21. The van der Waals surface area contributed by atoms with Crippen LogP contribution in [-0.2, 0) is 19.7 Å². The molecule has 9 nitrogen and oxygen atoms in total. The number of benzene rings is 2. The van der Waals surface area contributed by atoms with E-state index in [0.29, 0.717) is 28.2 Å². The van der Waals surface area contributed by atoms with Crippen LogP contribution in [0.25, 0.3) is 5.69 Å². The Hall–Kier alpha value is -4.58. The second-order valence-corrected chi connectivity index (χ2v) is 7.70. The number of para-hydroxylation sites is 2. The number of fused-ring (bicyclic) bond motifs is 4. The predicted octanol–water partition coefficient (Wildman–Crippen LogP) is 2.07. The third kappa shape index (κ3) is 2.61. The van der Waals surface area contributed by atoms with Gasteiger partial charge in [-0.1, -0.05) is 36.4 Å². The van der Waals surface area contributed by atoms with E-state index in [-0.39, 0.29) is 23.9 Å². The summed E-state index contributed by atoms with van der Waals surface area (Å²) in [5, 5.41) is 14.8. The Labute approximate surface area is 189 Å². The first-order valence-electron chi connectivity index (χ1n) is 10.2. The van der Waals surface area contributed by atoms with E-state index in [1.165, 1.54) is 12.0 Å². The minimum atomic E-state index is -1.60. The lowest BCUT2D eigenvalue weighted by Crippen LogP contribution is -2.47. The number of carbonyl (C=O) groups excluding carboxylic acids is 2. The molecule has 2 aromatic carbocycles. The molecule has 1 amide bonds. The van der Waals surface area contributed by atoms with Crippen LogP contribution in [0.4, 0.5) is 5.69 Å². The monoisotopic (exact) mass is 441 g/mol. The maximum atomic E-state index is 14.2. The largest absolute Gasteiger partial charge is 0.468 e. The second-order valence-electron chi connectivity index (χ2n) is 7.70. The number of nitrogens with zero attached hydrogens (tertiary/aromatic N) is 4. The van der Waals surface area contributed by atoms with Gasteiger partial charge in [-0.2, -0.15) is 10.4 Å². The van der Waals surface area contributed by atoms with E-state index in [0.717, 1.165) is 0 Å². The maximum Gasteiger partial charge on any atom is 0.325 e. The van der Waals surface area contributed by atoms with Crippen molar-refractivity contribution in [1.82, 2.24) is 9.78 Å². The zero-order valence-corrected chi connectivity index (χ0v) is 17.9. The topological polar surface area (TPSA) is 123 Å². The van der Waals surface area contributed by atoms with Crippen LogP contribution in [0.1, 0.15) is 16.8 Å². The number of hydrogen-bond donors (Lipinski definition) is 1. The molecule has 9 heteroatoms. The molecule has 33 heavy (non-hydrogen) atoms. The first-order chi connectivity index (χ1) is 15.9. The zero-order chi connectivity index (χ0) is 23.3. The lowest BCUT2D eigenvalue weighted by atomic mass is 9.69. The van der Waals surface area contributed by atoms with Crippen molar-refractivity contribution in [3.63, 3.8) is 0 Å². The van der Waals surface area contributed by atoms with Crippen LogP contribution in [-0.4, -0.2) is 35.3 Å². The van der Waals surface area contributed by atoms with E-state index in [2.05, 4.69) is 11.2 Å². The summed E-state index contributed by atoms with van der Waals surface area (Å²) in [4.78, 5) is 27.6. The van der Waals surface area contributed by atoms with Gasteiger partial charge in [0, 0.05) is 11.3 Å². The van der Waals surface area contributed by atoms with Crippen molar-refractivity contribution in [2.45, 2.75) is 12.3 Å². The molecule has 1 spiro atoms. The minimum absolute atomic E-state index is 0.0458. The Morgan fingerprint density at radius 2 is 1.91 bits per heavy atom. The fourth-order valence-electron chi connectivity index (χ4n) is 4.67. The van der Waals surface area contributed by atoms with Crippen molar-refractivity contribution in [1.29, 1.82) is 5.26 Å². The molecule has 2 aliphatic heterocycles. The molecule has 0 aliphatic carbocycles. The second kappa shape index (κ2) is 7.24. The molecule has 2 N–H and O–H groups in total. The summed E-state index contributed by atoms with van der Waals surface area (Å²) >= 11 is 0. The number of hydrogen-bond acceptors (Lipinski definition) is 7. The summed E-state index contributed by atoms with van der Waals surface area (Å²) < 4.78 is 12.3. The normalized spacial score (nSPS) is 18.6. The Kier molecular flexibility index (Phi) is 4.46. The van der Waals surface area contributed by atoms with Gasteiger partial charge in [-0.25, -0.2) is 4.68 Å². The molecule has 0 bridgehead atoms. The molecule has 164 valence electrons. The molecule has 3 aromatic rings. The van der Waals surface area contributed by atoms with Gasteiger partial charge in [0.05, 0.1) is 24.1 Å². The fourth-order valence-corrected chi connectivity index (χ4v) is 4.67. The molecule has 3 heterocycles. The van der Waals surface area contributed by atoms with Crippen LogP contribution >= 0.6 is 0 Å². The summed E-state index contributed by atoms with van der Waals surface area (Å²) in [7, 11) is 1.25. The van der Waals surface area contributed by atoms with Gasteiger partial charge in [-0.3, -0.25) is 14.5 Å². The Bertz CT molecular complexity index is 1390. The quantitative estimate of drug-likeness (QED) is 0.617. The molecule has 0 radical (unpaired) electrons. The van der Waals surface area contributed by atoms with Crippen LogP contribution in [0.2, 0.25) is 0 Å². The van der Waals surface area contributed by atoms with Crippen LogP contribution in [0.3, 0.4) is 0 Å². The summed E-state index contributed by atoms with van der Waals surface area (Å²) in [6.45, 7) is 1.44. The Balaban J connectivity index is 1.85. The van der Waals surface area contributed by atoms with Crippen molar-refractivity contribution >= 4 is 17.6 Å². The van der Waals surface area contributed by atoms with Crippen LogP contribution < -0.4 is 15.4 Å². The van der Waals surface area contributed by atoms with E-state index in [1.54, 1.807) is 35.9 Å². The Morgan fingerprint density at radius 1 is 1.21 bits per heavy atom. The lowest BCUT2D eigenvalue weighted by Gasteiger charge is -2.33. The first-order valence-corrected chi connectivity index (χ1v) is 10.2. The van der Waals surface area contributed by atoms with Crippen molar-refractivity contribution in [3.8, 4) is 17.6 Å². The predicted molar refractivity (Wildman–Crippen MR) is 117 cm³/mol. The van der Waals surface area contributed by atoms with Crippen LogP contribution in [0.5, 0.6) is 5.88 Å². The number of rotatable bonds is 3. The van der Waals surface area contributed by atoms with E-state index in [9.17, 15) is 14.9 Å². The summed E-state index contributed by atoms with van der Waals surface area (Å²) in [6.07, 6.45) is 0. The third-order valence-electron chi connectivity index (χ3n) is 6.01. The highest BCUT2D eigenvalue weighted by Crippen LogP contribution is 2.56. The zero-order valence-electron chi connectivity index (χ0n) is 17.9. The number of esters is 1. The van der Waals surface area contributed by atoms with Gasteiger partial charge < -0.3 is 15.2 Å². The molecular formula is C24H19N5O4. The number of nitrogens with two attached hydrogens (primary N) is 1. The van der Waals surface area contributed by atoms with Crippen molar-refractivity contribution in [2.75, 3.05) is 18.6 Å². The van der Waals surface area contributed by atoms with Crippen molar-refractivity contribution in [3.05, 3.63) is 82.9 Å². The fraction of sp³-hybridized carbons (Fsp3) is 0.167. The van der Waals surface area contributed by atoms with E-state index < -0.39 is 17.3 Å². The molecule has 0 unspecified atom stereocenters. The number of methoxy groups -OCH3 is 1. The molecular weight excluding hydrogens is 422 g/mol. The highest BCUT2D eigenvalue weighted by molar-refractivity contribution is 6.15. The summed E-state index contributed by atoms with van der Waals surface area (Å²) in [5.41, 5.74) is 7.23. The molecule has 1 aromatic heterocycles. The van der Waals surface area contributed by atoms with Gasteiger partial charge in [0.2, 0.25) is 17.7 Å². The summed E-state index contributed by atoms with van der Waals surface area (Å²) in [5.74, 6) is -1.02. The molecule has 0 saturated heterocycles. The number of carbonyl (C=O) groups is 2. The van der Waals surface area contributed by atoms with Gasteiger partial charge in [0.15, 0.2) is 0 Å². The number of nitriles is 1. The average molecular weight is 441 g/mol. The van der Waals surface area contributed by atoms with Crippen LogP contribution in [0.15, 0.2) is 66.1 Å². The van der Waals surface area contributed by atoms with Gasteiger partial charge in [-0.15, -0.1) is 0 Å². The molecule has 2 aliphatic rings. The highest BCUT2D eigenvalue weighted by Gasteiger charge is 2.61. The van der Waals surface area contributed by atoms with Crippen molar-refractivity contribution in [2.24, 2.45) is 5.73 Å². The van der Waals surface area contributed by atoms with Crippen LogP contribution in [0, 0.1) is 18.3 Å². The Morgan fingerprint density at radius 3 is 2.61 bits per heavy atom. The minimum Gasteiger partial charge on any atom is -0.468 e. The van der Waals surface area contributed by atoms with Crippen molar-refractivity contribution < 1.29 is 19.1 Å². The average Bonchev–Trinajstić information content (AvgIpc) is 3.28.